The van der Waals surface area contributed by atoms with E-state index < -0.39 is 5.97 Å². The molecular weight excluding hydrogens is 251 g/mol. The molecule has 0 saturated carbocycles. The third kappa shape index (κ3) is 1.90. The van der Waals surface area contributed by atoms with Crippen molar-refractivity contribution in [3.8, 4) is 0 Å². The predicted molar refractivity (Wildman–Crippen MR) is 62.7 cm³/mol. The summed E-state index contributed by atoms with van der Waals surface area (Å²) in [6.07, 6.45) is 0. The quantitative estimate of drug-likeness (QED) is 0.765. The number of thiophene rings is 1. The zero-order valence-corrected chi connectivity index (χ0v) is 9.99. The summed E-state index contributed by atoms with van der Waals surface area (Å²) in [7, 11) is 0. The number of hydrogen-bond donors (Lipinski definition) is 0. The molecule has 0 aliphatic rings. The first kappa shape index (κ1) is 11.4. The molecule has 2 rings (SSSR count). The number of halogens is 2. The van der Waals surface area contributed by atoms with Gasteiger partial charge in [-0.05, 0) is 25.1 Å². The van der Waals surface area contributed by atoms with Crippen molar-refractivity contribution in [3.05, 3.63) is 33.9 Å². The molecule has 5 heteroatoms. The summed E-state index contributed by atoms with van der Waals surface area (Å²) in [5.74, 6) is -0.828. The van der Waals surface area contributed by atoms with Crippen LogP contribution in [0.2, 0.25) is 5.02 Å². The third-order valence-corrected chi connectivity index (χ3v) is 3.63. The van der Waals surface area contributed by atoms with Gasteiger partial charge in [0.1, 0.15) is 10.7 Å². The topological polar surface area (TPSA) is 26.3 Å². The van der Waals surface area contributed by atoms with E-state index in [0.717, 1.165) is 11.3 Å². The van der Waals surface area contributed by atoms with E-state index in [2.05, 4.69) is 0 Å². The number of ether oxygens (including phenoxy) is 1. The van der Waals surface area contributed by atoms with Crippen molar-refractivity contribution >= 4 is 39.0 Å². The Morgan fingerprint density at radius 2 is 2.31 bits per heavy atom. The van der Waals surface area contributed by atoms with E-state index in [0.29, 0.717) is 26.6 Å². The Kier molecular flexibility index (Phi) is 3.12. The van der Waals surface area contributed by atoms with Crippen molar-refractivity contribution in [2.75, 3.05) is 6.61 Å². The Hall–Kier alpha value is -1.13. The van der Waals surface area contributed by atoms with Gasteiger partial charge in [0.2, 0.25) is 0 Å². The fourth-order valence-electron chi connectivity index (χ4n) is 1.36. The standard InChI is InChI=1S/C11H8ClFO2S/c1-2-15-11(14)9-5-6-8(13)4-3-7(12)10(6)16-9/h3-5H,2H2,1H3. The van der Waals surface area contributed by atoms with Crippen molar-refractivity contribution in [2.45, 2.75) is 6.92 Å². The molecule has 0 amide bonds. The van der Waals surface area contributed by atoms with Crippen LogP contribution in [0.3, 0.4) is 0 Å². The molecule has 2 aromatic rings. The lowest BCUT2D eigenvalue weighted by Gasteiger charge is -1.95. The lowest BCUT2D eigenvalue weighted by atomic mass is 10.2. The number of benzene rings is 1. The highest BCUT2D eigenvalue weighted by molar-refractivity contribution is 7.21. The zero-order valence-electron chi connectivity index (χ0n) is 8.42. The Morgan fingerprint density at radius 1 is 1.56 bits per heavy atom. The Labute approximate surface area is 101 Å². The van der Waals surface area contributed by atoms with Gasteiger partial charge >= 0.3 is 5.97 Å². The second-order valence-electron chi connectivity index (χ2n) is 3.10. The van der Waals surface area contributed by atoms with Crippen molar-refractivity contribution in [3.63, 3.8) is 0 Å². The van der Waals surface area contributed by atoms with E-state index in [4.69, 9.17) is 16.3 Å². The molecule has 0 bridgehead atoms. The smallest absolute Gasteiger partial charge is 0.348 e. The number of rotatable bonds is 2. The van der Waals surface area contributed by atoms with Gasteiger partial charge in [0.15, 0.2) is 0 Å². The van der Waals surface area contributed by atoms with Crippen molar-refractivity contribution in [1.29, 1.82) is 0 Å². The van der Waals surface area contributed by atoms with Crippen molar-refractivity contribution < 1.29 is 13.9 Å². The molecule has 1 aromatic carbocycles. The predicted octanol–water partition coefficient (Wildman–Crippen LogP) is 3.87. The highest BCUT2D eigenvalue weighted by Crippen LogP contribution is 2.33. The molecule has 0 radical (unpaired) electrons. The van der Waals surface area contributed by atoms with Crippen LogP contribution in [0.1, 0.15) is 16.6 Å². The Bertz CT molecular complexity index is 511. The summed E-state index contributed by atoms with van der Waals surface area (Å²) in [4.78, 5) is 11.8. The molecule has 1 heterocycles. The average molecular weight is 259 g/mol. The second-order valence-corrected chi connectivity index (χ2v) is 4.56. The summed E-state index contributed by atoms with van der Waals surface area (Å²) in [6, 6.07) is 4.23. The Morgan fingerprint density at radius 3 is 2.94 bits per heavy atom. The maximum Gasteiger partial charge on any atom is 0.348 e. The highest BCUT2D eigenvalue weighted by atomic mass is 35.5. The molecule has 0 unspecified atom stereocenters. The summed E-state index contributed by atoms with van der Waals surface area (Å²) in [5.41, 5.74) is 0. The number of hydrogen-bond acceptors (Lipinski definition) is 3. The van der Waals surface area contributed by atoms with Gasteiger partial charge in [0, 0.05) is 5.39 Å². The molecule has 0 spiro atoms. The molecule has 0 fully saturated rings. The summed E-state index contributed by atoms with van der Waals surface area (Å²) in [6.45, 7) is 2.02. The lowest BCUT2D eigenvalue weighted by molar-refractivity contribution is 0.0532. The van der Waals surface area contributed by atoms with E-state index in [1.165, 1.54) is 18.2 Å². The van der Waals surface area contributed by atoms with Crippen LogP contribution < -0.4 is 0 Å². The van der Waals surface area contributed by atoms with E-state index in [9.17, 15) is 9.18 Å². The summed E-state index contributed by atoms with van der Waals surface area (Å²) >= 11 is 7.06. The highest BCUT2D eigenvalue weighted by Gasteiger charge is 2.15. The maximum atomic E-state index is 13.4. The monoisotopic (exact) mass is 258 g/mol. The van der Waals surface area contributed by atoms with Gasteiger partial charge < -0.3 is 4.74 Å². The molecule has 2 nitrogen and oxygen atoms in total. The second kappa shape index (κ2) is 4.39. The van der Waals surface area contributed by atoms with Gasteiger partial charge in [-0.1, -0.05) is 11.6 Å². The summed E-state index contributed by atoms with van der Waals surface area (Å²) < 4.78 is 18.8. The van der Waals surface area contributed by atoms with E-state index in [-0.39, 0.29) is 5.82 Å². The molecule has 84 valence electrons. The van der Waals surface area contributed by atoms with E-state index >= 15 is 0 Å². The number of fused-ring (bicyclic) bond motifs is 1. The minimum absolute atomic E-state index is 0.295. The minimum atomic E-state index is -0.445. The Balaban J connectivity index is 2.55. The van der Waals surface area contributed by atoms with Gasteiger partial charge in [-0.15, -0.1) is 11.3 Å². The molecule has 0 atom stereocenters. The lowest BCUT2D eigenvalue weighted by Crippen LogP contribution is -2.01. The summed E-state index contributed by atoms with van der Waals surface area (Å²) in [5, 5.41) is 0.803. The van der Waals surface area contributed by atoms with Crippen molar-refractivity contribution in [2.24, 2.45) is 0 Å². The van der Waals surface area contributed by atoms with Gasteiger partial charge in [0.25, 0.3) is 0 Å². The minimum Gasteiger partial charge on any atom is -0.462 e. The molecule has 0 aliphatic heterocycles. The van der Waals surface area contributed by atoms with E-state index in [1.807, 2.05) is 0 Å². The SMILES string of the molecule is CCOC(=O)c1cc2c(F)ccc(Cl)c2s1. The fraction of sp³-hybridized carbons (Fsp3) is 0.182. The molecule has 1 aromatic heterocycles. The number of carbonyl (C=O) groups is 1. The first-order valence-electron chi connectivity index (χ1n) is 4.68. The van der Waals surface area contributed by atoms with Crippen LogP contribution in [0, 0.1) is 5.82 Å². The molecule has 0 saturated heterocycles. The van der Waals surface area contributed by atoms with Crippen LogP contribution in [0.4, 0.5) is 4.39 Å². The first-order valence-corrected chi connectivity index (χ1v) is 5.87. The van der Waals surface area contributed by atoms with Crippen LogP contribution in [0.25, 0.3) is 10.1 Å². The van der Waals surface area contributed by atoms with Gasteiger partial charge in [0.05, 0.1) is 16.3 Å². The zero-order chi connectivity index (χ0) is 11.7. The number of carbonyl (C=O) groups excluding carboxylic acids is 1. The van der Waals surface area contributed by atoms with Crippen LogP contribution in [-0.2, 0) is 4.74 Å². The van der Waals surface area contributed by atoms with Crippen LogP contribution in [0.5, 0.6) is 0 Å². The normalized spacial score (nSPS) is 10.7. The van der Waals surface area contributed by atoms with Crippen LogP contribution in [0.15, 0.2) is 18.2 Å². The average Bonchev–Trinajstić information content (AvgIpc) is 2.70. The number of esters is 1. The maximum absolute atomic E-state index is 13.4. The van der Waals surface area contributed by atoms with Gasteiger partial charge in [-0.3, -0.25) is 0 Å². The largest absolute Gasteiger partial charge is 0.462 e. The van der Waals surface area contributed by atoms with Crippen LogP contribution in [-0.4, -0.2) is 12.6 Å². The third-order valence-electron chi connectivity index (χ3n) is 2.06. The molecule has 0 aliphatic carbocycles. The van der Waals surface area contributed by atoms with Gasteiger partial charge in [-0.25, -0.2) is 9.18 Å². The first-order chi connectivity index (χ1) is 7.63. The van der Waals surface area contributed by atoms with Gasteiger partial charge in [-0.2, -0.15) is 0 Å². The molecular formula is C11H8ClFO2S. The van der Waals surface area contributed by atoms with Crippen molar-refractivity contribution in [1.82, 2.24) is 0 Å². The van der Waals surface area contributed by atoms with E-state index in [1.54, 1.807) is 6.92 Å². The molecule has 16 heavy (non-hydrogen) atoms. The molecule has 0 N–H and O–H groups in total. The fourth-order valence-corrected chi connectivity index (χ4v) is 2.61. The van der Waals surface area contributed by atoms with Crippen LogP contribution >= 0.6 is 22.9 Å².